The summed E-state index contributed by atoms with van der Waals surface area (Å²) in [5.74, 6) is 1.57. The number of methoxy groups -OCH3 is 2. The van der Waals surface area contributed by atoms with Gasteiger partial charge in [0.1, 0.15) is 11.5 Å². The highest BCUT2D eigenvalue weighted by Gasteiger charge is 2.19. The minimum atomic E-state index is -0.0585. The van der Waals surface area contributed by atoms with Crippen molar-refractivity contribution in [1.82, 2.24) is 0 Å². The monoisotopic (exact) mass is 222 g/mol. The van der Waals surface area contributed by atoms with Crippen LogP contribution in [0.4, 0.5) is 0 Å². The number of carbonyl (C=O) groups is 1. The number of hydrogen-bond donors (Lipinski definition) is 0. The van der Waals surface area contributed by atoms with Gasteiger partial charge in [-0.1, -0.05) is 19.9 Å². The molecule has 1 aliphatic carbocycles. The van der Waals surface area contributed by atoms with Crippen molar-refractivity contribution in [2.24, 2.45) is 5.92 Å². The van der Waals surface area contributed by atoms with Crippen LogP contribution < -0.4 is 0 Å². The fourth-order valence-corrected chi connectivity index (χ4v) is 1.42. The highest BCUT2D eigenvalue weighted by Crippen LogP contribution is 2.22. The molecule has 1 rings (SSSR count). The molecular weight excluding hydrogens is 204 g/mol. The van der Waals surface area contributed by atoms with E-state index in [2.05, 4.69) is 13.8 Å². The van der Waals surface area contributed by atoms with Crippen molar-refractivity contribution < 1.29 is 14.3 Å². The van der Waals surface area contributed by atoms with Crippen molar-refractivity contribution in [3.05, 3.63) is 35.3 Å². The zero-order chi connectivity index (χ0) is 12.1. The molecule has 0 aromatic rings. The van der Waals surface area contributed by atoms with Gasteiger partial charge in [-0.25, -0.2) is 0 Å². The van der Waals surface area contributed by atoms with Gasteiger partial charge in [0.05, 0.1) is 19.8 Å². The predicted octanol–water partition coefficient (Wildman–Crippen LogP) is 2.60. The maximum atomic E-state index is 11.8. The first-order valence-electron chi connectivity index (χ1n) is 5.34. The van der Waals surface area contributed by atoms with Crippen LogP contribution >= 0.6 is 0 Å². The van der Waals surface area contributed by atoms with Crippen molar-refractivity contribution in [3.8, 4) is 0 Å². The Morgan fingerprint density at radius 2 is 1.94 bits per heavy atom. The van der Waals surface area contributed by atoms with Crippen LogP contribution in [0.15, 0.2) is 35.3 Å². The lowest BCUT2D eigenvalue weighted by molar-refractivity contribution is -0.111. The molecule has 0 N–H and O–H groups in total. The first-order chi connectivity index (χ1) is 7.58. The van der Waals surface area contributed by atoms with Gasteiger partial charge in [-0.2, -0.15) is 0 Å². The highest BCUT2D eigenvalue weighted by atomic mass is 16.5. The van der Waals surface area contributed by atoms with E-state index in [-0.39, 0.29) is 5.78 Å². The van der Waals surface area contributed by atoms with Gasteiger partial charge in [0, 0.05) is 12.2 Å². The molecule has 0 aromatic carbocycles. The number of allylic oxidation sites excluding steroid dienone is 4. The Balaban J connectivity index is 2.95. The van der Waals surface area contributed by atoms with Crippen molar-refractivity contribution in [3.63, 3.8) is 0 Å². The molecule has 0 heterocycles. The molecule has 0 fully saturated rings. The topological polar surface area (TPSA) is 35.5 Å². The molecule has 0 spiro atoms. The van der Waals surface area contributed by atoms with Crippen molar-refractivity contribution in [2.45, 2.75) is 20.3 Å². The standard InChI is InChI=1S/C13H18O3/c1-9(2)5-6-11-12(14)7-10(15-3)8-13(11)16-4/h6-9H,5H2,1-4H3. The third kappa shape index (κ3) is 2.99. The van der Waals surface area contributed by atoms with Crippen LogP contribution in [-0.4, -0.2) is 20.0 Å². The number of ketones is 1. The normalized spacial score (nSPS) is 18.6. The van der Waals surface area contributed by atoms with Crippen molar-refractivity contribution >= 4 is 5.78 Å². The summed E-state index contributed by atoms with van der Waals surface area (Å²) in [4.78, 5) is 11.8. The molecule has 1 aliphatic rings. The molecule has 0 unspecified atom stereocenters. The average molecular weight is 222 g/mol. The number of carbonyl (C=O) groups excluding carboxylic acids is 1. The lowest BCUT2D eigenvalue weighted by Gasteiger charge is -2.15. The van der Waals surface area contributed by atoms with E-state index in [1.807, 2.05) is 6.08 Å². The highest BCUT2D eigenvalue weighted by molar-refractivity contribution is 6.08. The van der Waals surface area contributed by atoms with Crippen LogP contribution in [0.1, 0.15) is 20.3 Å². The molecule has 3 heteroatoms. The summed E-state index contributed by atoms with van der Waals surface area (Å²) in [6.45, 7) is 4.22. The molecule has 0 saturated heterocycles. The van der Waals surface area contributed by atoms with Gasteiger partial charge in [0.15, 0.2) is 5.78 Å². The number of ether oxygens (including phenoxy) is 2. The first-order valence-corrected chi connectivity index (χ1v) is 5.34. The second kappa shape index (κ2) is 5.54. The summed E-state index contributed by atoms with van der Waals surface area (Å²) in [7, 11) is 3.09. The Hall–Kier alpha value is -1.51. The third-order valence-electron chi connectivity index (χ3n) is 2.33. The van der Waals surface area contributed by atoms with Crippen LogP contribution in [0.5, 0.6) is 0 Å². The Kier molecular flexibility index (Phi) is 4.35. The molecule has 16 heavy (non-hydrogen) atoms. The second-order valence-corrected chi connectivity index (χ2v) is 4.08. The van der Waals surface area contributed by atoms with Crippen LogP contribution in [-0.2, 0) is 14.3 Å². The number of hydrogen-bond acceptors (Lipinski definition) is 3. The third-order valence-corrected chi connectivity index (χ3v) is 2.33. The van der Waals surface area contributed by atoms with E-state index in [4.69, 9.17) is 9.47 Å². The van der Waals surface area contributed by atoms with Gasteiger partial charge in [0.2, 0.25) is 0 Å². The van der Waals surface area contributed by atoms with E-state index < -0.39 is 0 Å². The molecular formula is C13H18O3. The molecule has 0 atom stereocenters. The summed E-state index contributed by atoms with van der Waals surface area (Å²) < 4.78 is 10.2. The Bertz CT molecular complexity index is 359. The van der Waals surface area contributed by atoms with Crippen LogP contribution in [0.25, 0.3) is 0 Å². The fourth-order valence-electron chi connectivity index (χ4n) is 1.42. The van der Waals surface area contributed by atoms with E-state index in [0.717, 1.165) is 6.42 Å². The second-order valence-electron chi connectivity index (χ2n) is 4.08. The predicted molar refractivity (Wildman–Crippen MR) is 62.7 cm³/mol. The maximum Gasteiger partial charge on any atom is 0.192 e. The molecule has 88 valence electrons. The quantitative estimate of drug-likeness (QED) is 0.686. The summed E-state index contributed by atoms with van der Waals surface area (Å²) in [6, 6.07) is 0. The van der Waals surface area contributed by atoms with E-state index in [0.29, 0.717) is 23.0 Å². The SMILES string of the molecule is COC1=CC(=O)C(=CCC(C)C)C(OC)=C1. The van der Waals surface area contributed by atoms with Gasteiger partial charge in [0.25, 0.3) is 0 Å². The Labute approximate surface area is 96.4 Å². The molecule has 0 aromatic heterocycles. The molecule has 0 amide bonds. The summed E-state index contributed by atoms with van der Waals surface area (Å²) in [5, 5.41) is 0. The van der Waals surface area contributed by atoms with Crippen LogP contribution in [0.2, 0.25) is 0 Å². The largest absolute Gasteiger partial charge is 0.496 e. The first kappa shape index (κ1) is 12.6. The lowest BCUT2D eigenvalue weighted by atomic mass is 9.99. The minimum Gasteiger partial charge on any atom is -0.496 e. The van der Waals surface area contributed by atoms with Crippen LogP contribution in [0, 0.1) is 5.92 Å². The molecule has 3 nitrogen and oxygen atoms in total. The molecule has 0 bridgehead atoms. The smallest absolute Gasteiger partial charge is 0.192 e. The van der Waals surface area contributed by atoms with E-state index in [1.165, 1.54) is 13.2 Å². The minimum absolute atomic E-state index is 0.0585. The average Bonchev–Trinajstić information content (AvgIpc) is 2.26. The summed E-state index contributed by atoms with van der Waals surface area (Å²) in [5.41, 5.74) is 0.622. The Morgan fingerprint density at radius 3 is 2.44 bits per heavy atom. The zero-order valence-electron chi connectivity index (χ0n) is 10.2. The zero-order valence-corrected chi connectivity index (χ0v) is 10.2. The van der Waals surface area contributed by atoms with E-state index >= 15 is 0 Å². The van der Waals surface area contributed by atoms with Crippen molar-refractivity contribution in [1.29, 1.82) is 0 Å². The molecule has 0 radical (unpaired) electrons. The van der Waals surface area contributed by atoms with Crippen molar-refractivity contribution in [2.75, 3.05) is 14.2 Å². The van der Waals surface area contributed by atoms with Crippen LogP contribution in [0.3, 0.4) is 0 Å². The van der Waals surface area contributed by atoms with E-state index in [9.17, 15) is 4.79 Å². The van der Waals surface area contributed by atoms with Gasteiger partial charge >= 0.3 is 0 Å². The Morgan fingerprint density at radius 1 is 1.25 bits per heavy atom. The van der Waals surface area contributed by atoms with E-state index in [1.54, 1.807) is 13.2 Å². The summed E-state index contributed by atoms with van der Waals surface area (Å²) in [6.07, 6.45) is 5.99. The lowest BCUT2D eigenvalue weighted by Crippen LogP contribution is -2.10. The fraction of sp³-hybridized carbons (Fsp3) is 0.462. The van der Waals surface area contributed by atoms with Gasteiger partial charge in [-0.3, -0.25) is 4.79 Å². The van der Waals surface area contributed by atoms with Gasteiger partial charge < -0.3 is 9.47 Å². The summed E-state index contributed by atoms with van der Waals surface area (Å²) >= 11 is 0. The molecule has 0 saturated carbocycles. The van der Waals surface area contributed by atoms with Gasteiger partial charge in [-0.15, -0.1) is 0 Å². The maximum absolute atomic E-state index is 11.8. The van der Waals surface area contributed by atoms with Gasteiger partial charge in [-0.05, 0) is 12.3 Å². The number of rotatable bonds is 4. The molecule has 0 aliphatic heterocycles.